The molecule has 1 aromatic carbocycles. The number of anilines is 1. The summed E-state index contributed by atoms with van der Waals surface area (Å²) in [6, 6.07) is 6.46. The van der Waals surface area contributed by atoms with Gasteiger partial charge in [0, 0.05) is 10.6 Å². The molecule has 0 atom stereocenters. The van der Waals surface area contributed by atoms with E-state index in [-0.39, 0.29) is 5.69 Å². The van der Waals surface area contributed by atoms with Crippen molar-refractivity contribution in [2.24, 2.45) is 0 Å². The molecule has 4 nitrogen and oxygen atoms in total. The summed E-state index contributed by atoms with van der Waals surface area (Å²) in [5.41, 5.74) is 6.32. The molecule has 0 amide bonds. The van der Waals surface area contributed by atoms with Crippen molar-refractivity contribution in [3.8, 4) is 11.3 Å². The minimum Gasteiger partial charge on any atom is -0.394 e. The number of nitrogens with zero attached hydrogens (tertiary/aromatic N) is 1. The number of halogens is 2. The minimum atomic E-state index is -0.422. The number of rotatable bonds is 1. The van der Waals surface area contributed by atoms with Gasteiger partial charge in [-0.2, -0.15) is 5.10 Å². The zero-order chi connectivity index (χ0) is 11.7. The Labute approximate surface area is 101 Å². The standard InChI is InChI=1S/C10H7Cl2N3O/c11-5-1-2-6(7(12)3-5)9-4-8(13)10(16)15-14-9/h1-4H,(H2,13,14)(H,15,16). The molecule has 0 spiro atoms. The van der Waals surface area contributed by atoms with Crippen LogP contribution in [-0.2, 0) is 0 Å². The number of hydrogen-bond donors (Lipinski definition) is 2. The molecule has 0 saturated heterocycles. The van der Waals surface area contributed by atoms with Gasteiger partial charge in [0.1, 0.15) is 5.69 Å². The lowest BCUT2D eigenvalue weighted by atomic mass is 10.1. The van der Waals surface area contributed by atoms with Crippen molar-refractivity contribution in [2.75, 3.05) is 5.73 Å². The molecular weight excluding hydrogens is 249 g/mol. The Kier molecular flexibility index (Phi) is 2.85. The van der Waals surface area contributed by atoms with Crippen LogP contribution in [0.25, 0.3) is 11.3 Å². The van der Waals surface area contributed by atoms with Gasteiger partial charge >= 0.3 is 0 Å². The predicted molar refractivity (Wildman–Crippen MR) is 64.7 cm³/mol. The molecule has 1 aromatic heterocycles. The second-order valence-corrected chi connectivity index (χ2v) is 4.01. The molecule has 16 heavy (non-hydrogen) atoms. The van der Waals surface area contributed by atoms with Crippen LogP contribution in [0.3, 0.4) is 0 Å². The molecule has 0 fully saturated rings. The van der Waals surface area contributed by atoms with Crippen LogP contribution in [0.4, 0.5) is 5.69 Å². The normalized spacial score (nSPS) is 10.4. The highest BCUT2D eigenvalue weighted by atomic mass is 35.5. The van der Waals surface area contributed by atoms with E-state index in [0.717, 1.165) is 0 Å². The summed E-state index contributed by atoms with van der Waals surface area (Å²) in [6.07, 6.45) is 0. The number of aromatic nitrogens is 2. The zero-order valence-electron chi connectivity index (χ0n) is 8.00. The topological polar surface area (TPSA) is 71.8 Å². The van der Waals surface area contributed by atoms with E-state index in [0.29, 0.717) is 21.3 Å². The smallest absolute Gasteiger partial charge is 0.287 e. The van der Waals surface area contributed by atoms with Crippen molar-refractivity contribution in [1.29, 1.82) is 0 Å². The summed E-state index contributed by atoms with van der Waals surface area (Å²) < 4.78 is 0. The van der Waals surface area contributed by atoms with Gasteiger partial charge in [0.05, 0.1) is 10.7 Å². The molecule has 2 rings (SSSR count). The number of hydrogen-bond acceptors (Lipinski definition) is 3. The van der Waals surface area contributed by atoms with E-state index in [2.05, 4.69) is 10.2 Å². The first-order chi connectivity index (χ1) is 7.58. The van der Waals surface area contributed by atoms with Crippen LogP contribution in [0, 0.1) is 0 Å². The molecule has 0 aliphatic carbocycles. The number of nitrogen functional groups attached to an aromatic ring is 1. The fourth-order valence-electron chi connectivity index (χ4n) is 1.26. The lowest BCUT2D eigenvalue weighted by Crippen LogP contribution is -2.13. The van der Waals surface area contributed by atoms with E-state index >= 15 is 0 Å². The van der Waals surface area contributed by atoms with E-state index < -0.39 is 5.56 Å². The maximum absolute atomic E-state index is 11.0. The molecule has 0 aliphatic heterocycles. The Bertz CT molecular complexity index is 595. The largest absolute Gasteiger partial charge is 0.394 e. The van der Waals surface area contributed by atoms with Crippen LogP contribution in [0.1, 0.15) is 0 Å². The Morgan fingerprint density at radius 2 is 2.00 bits per heavy atom. The Balaban J connectivity index is 2.59. The first-order valence-corrected chi connectivity index (χ1v) is 5.14. The maximum atomic E-state index is 11.0. The fraction of sp³-hybridized carbons (Fsp3) is 0. The number of benzene rings is 1. The van der Waals surface area contributed by atoms with Gasteiger partial charge in [0.15, 0.2) is 0 Å². The fourth-order valence-corrected chi connectivity index (χ4v) is 1.76. The molecule has 0 radical (unpaired) electrons. The van der Waals surface area contributed by atoms with Crippen LogP contribution >= 0.6 is 23.2 Å². The minimum absolute atomic E-state index is 0.0935. The molecule has 0 aliphatic rings. The summed E-state index contributed by atoms with van der Waals surface area (Å²) in [7, 11) is 0. The van der Waals surface area contributed by atoms with E-state index in [1.807, 2.05) is 0 Å². The molecule has 0 bridgehead atoms. The van der Waals surface area contributed by atoms with Crippen molar-refractivity contribution in [3.05, 3.63) is 44.7 Å². The first kappa shape index (κ1) is 11.0. The predicted octanol–water partition coefficient (Wildman–Crippen LogP) is 2.33. The summed E-state index contributed by atoms with van der Waals surface area (Å²) >= 11 is 11.8. The molecule has 82 valence electrons. The quantitative estimate of drug-likeness (QED) is 0.822. The van der Waals surface area contributed by atoms with E-state index in [9.17, 15) is 4.79 Å². The maximum Gasteiger partial charge on any atom is 0.287 e. The van der Waals surface area contributed by atoms with Crippen LogP contribution in [0.5, 0.6) is 0 Å². The van der Waals surface area contributed by atoms with Crippen molar-refractivity contribution >= 4 is 28.9 Å². The molecule has 0 unspecified atom stereocenters. The monoisotopic (exact) mass is 255 g/mol. The third-order valence-electron chi connectivity index (χ3n) is 2.04. The molecule has 2 aromatic rings. The third-order valence-corrected chi connectivity index (χ3v) is 2.59. The van der Waals surface area contributed by atoms with Gasteiger partial charge < -0.3 is 5.73 Å². The first-order valence-electron chi connectivity index (χ1n) is 4.38. The van der Waals surface area contributed by atoms with Crippen molar-refractivity contribution in [3.63, 3.8) is 0 Å². The zero-order valence-corrected chi connectivity index (χ0v) is 9.51. The van der Waals surface area contributed by atoms with Crippen LogP contribution in [0.15, 0.2) is 29.1 Å². The summed E-state index contributed by atoms with van der Waals surface area (Å²) in [5, 5.41) is 7.13. The van der Waals surface area contributed by atoms with Crippen LogP contribution in [0.2, 0.25) is 10.0 Å². The van der Waals surface area contributed by atoms with Gasteiger partial charge in [-0.1, -0.05) is 23.2 Å². The lowest BCUT2D eigenvalue weighted by Gasteiger charge is -2.03. The SMILES string of the molecule is Nc1cc(-c2ccc(Cl)cc2Cl)n[nH]c1=O. The number of nitrogens with one attached hydrogen (secondary N) is 1. The van der Waals surface area contributed by atoms with Gasteiger partial charge in [-0.15, -0.1) is 0 Å². The highest BCUT2D eigenvalue weighted by Gasteiger charge is 2.07. The van der Waals surface area contributed by atoms with Crippen molar-refractivity contribution < 1.29 is 0 Å². The molecule has 3 N–H and O–H groups in total. The number of nitrogens with two attached hydrogens (primary N) is 1. The second kappa shape index (κ2) is 4.15. The Morgan fingerprint density at radius 1 is 1.25 bits per heavy atom. The summed E-state index contributed by atoms with van der Waals surface area (Å²) in [4.78, 5) is 11.0. The van der Waals surface area contributed by atoms with E-state index in [1.54, 1.807) is 18.2 Å². The van der Waals surface area contributed by atoms with Gasteiger partial charge in [0.2, 0.25) is 0 Å². The lowest BCUT2D eigenvalue weighted by molar-refractivity contribution is 1.000. The van der Waals surface area contributed by atoms with Crippen LogP contribution < -0.4 is 11.3 Å². The highest BCUT2D eigenvalue weighted by Crippen LogP contribution is 2.28. The number of aromatic amines is 1. The average molecular weight is 256 g/mol. The molecular formula is C10H7Cl2N3O. The van der Waals surface area contributed by atoms with Crippen molar-refractivity contribution in [2.45, 2.75) is 0 Å². The second-order valence-electron chi connectivity index (χ2n) is 3.16. The highest BCUT2D eigenvalue weighted by molar-refractivity contribution is 6.36. The summed E-state index contributed by atoms with van der Waals surface area (Å²) in [5.74, 6) is 0. The Hall–Kier alpha value is -1.52. The average Bonchev–Trinajstić information content (AvgIpc) is 2.22. The summed E-state index contributed by atoms with van der Waals surface area (Å²) in [6.45, 7) is 0. The van der Waals surface area contributed by atoms with Gasteiger partial charge in [-0.25, -0.2) is 5.10 Å². The van der Waals surface area contributed by atoms with Gasteiger partial charge in [-0.3, -0.25) is 4.79 Å². The van der Waals surface area contributed by atoms with E-state index in [4.69, 9.17) is 28.9 Å². The van der Waals surface area contributed by atoms with Crippen molar-refractivity contribution in [1.82, 2.24) is 10.2 Å². The molecule has 0 saturated carbocycles. The van der Waals surface area contributed by atoms with E-state index in [1.165, 1.54) is 6.07 Å². The molecule has 6 heteroatoms. The number of H-pyrrole nitrogens is 1. The van der Waals surface area contributed by atoms with Gasteiger partial charge in [0.25, 0.3) is 5.56 Å². The third kappa shape index (κ3) is 2.03. The van der Waals surface area contributed by atoms with Crippen LogP contribution in [-0.4, -0.2) is 10.2 Å². The molecule has 1 heterocycles. The van der Waals surface area contributed by atoms with Gasteiger partial charge in [-0.05, 0) is 24.3 Å². The Morgan fingerprint density at radius 3 is 2.62 bits per heavy atom.